The van der Waals surface area contributed by atoms with E-state index in [0.29, 0.717) is 28.2 Å². The van der Waals surface area contributed by atoms with Crippen LogP contribution in [0.15, 0.2) is 56.8 Å². The molecule has 7 heteroatoms. The maximum absolute atomic E-state index is 12.2. The zero-order chi connectivity index (χ0) is 18.5. The Morgan fingerprint density at radius 1 is 1.19 bits per heavy atom. The Labute approximate surface area is 164 Å². The van der Waals surface area contributed by atoms with Crippen molar-refractivity contribution in [2.45, 2.75) is 6.92 Å². The van der Waals surface area contributed by atoms with Crippen molar-refractivity contribution in [3.05, 3.63) is 57.4 Å². The molecular weight excluding hydrogens is 416 g/mol. The number of carbonyl (C=O) groups is 1. The maximum atomic E-state index is 12.2. The molecule has 1 aliphatic heterocycles. The molecule has 0 unspecified atom stereocenters. The molecule has 0 aliphatic carbocycles. The third-order valence-electron chi connectivity index (χ3n) is 3.49. The monoisotopic (exact) mass is 432 g/mol. The lowest BCUT2D eigenvalue weighted by Gasteiger charge is -2.09. The first kappa shape index (κ1) is 18.5. The van der Waals surface area contributed by atoms with Gasteiger partial charge in [0.2, 0.25) is 0 Å². The quantitative estimate of drug-likeness (QED) is 0.692. The molecule has 1 N–H and O–H groups in total. The van der Waals surface area contributed by atoms with Gasteiger partial charge in [-0.05, 0) is 66.7 Å². The van der Waals surface area contributed by atoms with E-state index in [9.17, 15) is 4.79 Å². The smallest absolute Gasteiger partial charge is 0.264 e. The van der Waals surface area contributed by atoms with Gasteiger partial charge in [0.25, 0.3) is 5.91 Å². The van der Waals surface area contributed by atoms with Crippen molar-refractivity contribution in [3.63, 3.8) is 0 Å². The Balaban J connectivity index is 1.81. The number of methoxy groups -OCH3 is 1. The zero-order valence-electron chi connectivity index (χ0n) is 14.3. The number of hydrogen-bond acceptors (Lipinski definition) is 5. The van der Waals surface area contributed by atoms with Gasteiger partial charge in [0.15, 0.2) is 16.7 Å². The highest BCUT2D eigenvalue weighted by atomic mass is 79.9. The van der Waals surface area contributed by atoms with Crippen molar-refractivity contribution >= 4 is 50.5 Å². The van der Waals surface area contributed by atoms with E-state index in [0.717, 1.165) is 15.7 Å². The summed E-state index contributed by atoms with van der Waals surface area (Å²) >= 11 is 4.70. The number of amides is 1. The number of aliphatic imine (C=N–C) groups is 1. The van der Waals surface area contributed by atoms with Crippen molar-refractivity contribution in [2.75, 3.05) is 13.7 Å². The fourth-order valence-corrected chi connectivity index (χ4v) is 3.42. The summed E-state index contributed by atoms with van der Waals surface area (Å²) in [5, 5.41) is 3.34. The first-order chi connectivity index (χ1) is 12.6. The van der Waals surface area contributed by atoms with Crippen LogP contribution in [0, 0.1) is 0 Å². The fraction of sp³-hybridized carbons (Fsp3) is 0.158. The molecule has 3 rings (SSSR count). The first-order valence-electron chi connectivity index (χ1n) is 7.95. The molecular formula is C19H17BrN2O3S. The summed E-state index contributed by atoms with van der Waals surface area (Å²) in [7, 11) is 1.59. The van der Waals surface area contributed by atoms with Gasteiger partial charge in [-0.1, -0.05) is 22.0 Å². The summed E-state index contributed by atoms with van der Waals surface area (Å²) in [6, 6.07) is 13.1. The minimum Gasteiger partial charge on any atom is -0.493 e. The second-order valence-corrected chi connectivity index (χ2v) is 7.25. The van der Waals surface area contributed by atoms with Gasteiger partial charge < -0.3 is 14.8 Å². The third-order valence-corrected chi connectivity index (χ3v) is 4.93. The van der Waals surface area contributed by atoms with E-state index >= 15 is 0 Å². The summed E-state index contributed by atoms with van der Waals surface area (Å²) in [6.45, 7) is 2.48. The van der Waals surface area contributed by atoms with Crippen LogP contribution in [0.5, 0.6) is 11.5 Å². The molecule has 2 aromatic rings. The van der Waals surface area contributed by atoms with E-state index in [4.69, 9.17) is 9.47 Å². The Bertz CT molecular complexity index is 879. The molecule has 0 bridgehead atoms. The molecule has 5 nitrogen and oxygen atoms in total. The van der Waals surface area contributed by atoms with Crippen LogP contribution in [-0.2, 0) is 4.79 Å². The SMILES string of the molecule is CCOc1ccc(C=C2SC(=Nc3ccc(Br)cc3)NC2=O)cc1OC. The summed E-state index contributed by atoms with van der Waals surface area (Å²) in [5.74, 6) is 1.14. The van der Waals surface area contributed by atoms with Crippen LogP contribution in [0.2, 0.25) is 0 Å². The molecule has 0 radical (unpaired) electrons. The van der Waals surface area contributed by atoms with Gasteiger partial charge in [-0.15, -0.1) is 0 Å². The van der Waals surface area contributed by atoms with Crippen LogP contribution in [-0.4, -0.2) is 24.8 Å². The van der Waals surface area contributed by atoms with Crippen molar-refractivity contribution in [1.29, 1.82) is 0 Å². The molecule has 0 saturated carbocycles. The normalized spacial score (nSPS) is 16.8. The molecule has 1 fully saturated rings. The Morgan fingerprint density at radius 3 is 2.65 bits per heavy atom. The Morgan fingerprint density at radius 2 is 1.96 bits per heavy atom. The highest BCUT2D eigenvalue weighted by molar-refractivity contribution is 9.10. The second-order valence-electron chi connectivity index (χ2n) is 5.30. The fourth-order valence-electron chi connectivity index (χ4n) is 2.31. The predicted molar refractivity (Wildman–Crippen MR) is 109 cm³/mol. The number of amidine groups is 1. The van der Waals surface area contributed by atoms with E-state index in [1.807, 2.05) is 55.5 Å². The van der Waals surface area contributed by atoms with Gasteiger partial charge in [-0.3, -0.25) is 4.79 Å². The molecule has 1 aliphatic rings. The van der Waals surface area contributed by atoms with Crippen LogP contribution in [0.3, 0.4) is 0 Å². The van der Waals surface area contributed by atoms with E-state index < -0.39 is 0 Å². The minimum atomic E-state index is -0.168. The van der Waals surface area contributed by atoms with E-state index in [2.05, 4.69) is 26.2 Å². The molecule has 2 aromatic carbocycles. The number of benzene rings is 2. The average Bonchev–Trinajstić information content (AvgIpc) is 2.97. The zero-order valence-corrected chi connectivity index (χ0v) is 16.7. The van der Waals surface area contributed by atoms with Crippen LogP contribution >= 0.6 is 27.7 Å². The van der Waals surface area contributed by atoms with Gasteiger partial charge in [-0.25, -0.2) is 4.99 Å². The maximum Gasteiger partial charge on any atom is 0.264 e. The van der Waals surface area contributed by atoms with Crippen molar-refractivity contribution in [1.82, 2.24) is 5.32 Å². The van der Waals surface area contributed by atoms with Crippen molar-refractivity contribution < 1.29 is 14.3 Å². The van der Waals surface area contributed by atoms with Gasteiger partial charge in [0, 0.05) is 4.47 Å². The summed E-state index contributed by atoms with van der Waals surface area (Å²) < 4.78 is 11.8. The third kappa shape index (κ3) is 4.47. The van der Waals surface area contributed by atoms with Crippen molar-refractivity contribution in [3.8, 4) is 11.5 Å². The lowest BCUT2D eigenvalue weighted by molar-refractivity contribution is -0.115. The average molecular weight is 433 g/mol. The van der Waals surface area contributed by atoms with Crippen molar-refractivity contribution in [2.24, 2.45) is 4.99 Å². The molecule has 0 spiro atoms. The van der Waals surface area contributed by atoms with Crippen LogP contribution in [0.4, 0.5) is 5.69 Å². The van der Waals surface area contributed by atoms with E-state index in [1.54, 1.807) is 7.11 Å². The molecule has 26 heavy (non-hydrogen) atoms. The number of nitrogens with zero attached hydrogens (tertiary/aromatic N) is 1. The molecule has 1 heterocycles. The first-order valence-corrected chi connectivity index (χ1v) is 9.56. The topological polar surface area (TPSA) is 59.9 Å². The summed E-state index contributed by atoms with van der Waals surface area (Å²) in [4.78, 5) is 17.2. The lowest BCUT2D eigenvalue weighted by Crippen LogP contribution is -2.19. The Kier molecular flexibility index (Phi) is 6.00. The number of rotatable bonds is 5. The number of nitrogens with one attached hydrogen (secondary N) is 1. The Hall–Kier alpha value is -2.25. The lowest BCUT2D eigenvalue weighted by atomic mass is 10.2. The second kappa shape index (κ2) is 8.42. The number of ether oxygens (including phenoxy) is 2. The highest BCUT2D eigenvalue weighted by Crippen LogP contribution is 2.32. The van der Waals surface area contributed by atoms with Crippen LogP contribution in [0.25, 0.3) is 6.08 Å². The van der Waals surface area contributed by atoms with E-state index in [1.165, 1.54) is 11.8 Å². The largest absolute Gasteiger partial charge is 0.493 e. The van der Waals surface area contributed by atoms with Crippen LogP contribution < -0.4 is 14.8 Å². The molecule has 134 valence electrons. The molecule has 1 amide bonds. The number of carbonyl (C=O) groups excluding carboxylic acids is 1. The summed E-state index contributed by atoms with van der Waals surface area (Å²) in [5.41, 5.74) is 1.63. The van der Waals surface area contributed by atoms with Gasteiger partial charge in [0.05, 0.1) is 24.3 Å². The summed E-state index contributed by atoms with van der Waals surface area (Å²) in [6.07, 6.45) is 1.81. The number of thioether (sulfide) groups is 1. The highest BCUT2D eigenvalue weighted by Gasteiger charge is 2.24. The molecule has 1 saturated heterocycles. The molecule has 0 aromatic heterocycles. The number of halogens is 1. The van der Waals surface area contributed by atoms with Crippen LogP contribution in [0.1, 0.15) is 12.5 Å². The number of hydrogen-bond donors (Lipinski definition) is 1. The predicted octanol–water partition coefficient (Wildman–Crippen LogP) is 4.75. The molecule has 0 atom stereocenters. The standard InChI is InChI=1S/C19H17BrN2O3S/c1-3-25-15-9-4-12(10-16(15)24-2)11-17-18(23)22-19(26-17)21-14-7-5-13(20)6-8-14/h4-11H,3H2,1-2H3,(H,21,22,23). The minimum absolute atomic E-state index is 0.168. The van der Waals surface area contributed by atoms with Gasteiger partial charge in [0.1, 0.15) is 0 Å². The van der Waals surface area contributed by atoms with Gasteiger partial charge >= 0.3 is 0 Å². The van der Waals surface area contributed by atoms with E-state index in [-0.39, 0.29) is 5.91 Å². The van der Waals surface area contributed by atoms with Gasteiger partial charge in [-0.2, -0.15) is 0 Å².